The van der Waals surface area contributed by atoms with Crippen LogP contribution in [-0.2, 0) is 13.0 Å². The molecule has 1 amide bonds. The normalized spacial score (nSPS) is 13.8. The van der Waals surface area contributed by atoms with Crippen molar-refractivity contribution >= 4 is 28.3 Å². The van der Waals surface area contributed by atoms with Gasteiger partial charge in [0.2, 0.25) is 0 Å². The van der Waals surface area contributed by atoms with Crippen LogP contribution >= 0.6 is 0 Å². The molecule has 0 saturated carbocycles. The number of carboxylic acid groups (broad SMARTS) is 1. The van der Waals surface area contributed by atoms with Gasteiger partial charge in [-0.05, 0) is 42.6 Å². The van der Waals surface area contributed by atoms with Crippen molar-refractivity contribution < 1.29 is 9.90 Å². The first-order valence-corrected chi connectivity index (χ1v) is 12.9. The Labute approximate surface area is 219 Å². The predicted molar refractivity (Wildman–Crippen MR) is 146 cm³/mol. The molecule has 38 heavy (non-hydrogen) atoms. The van der Waals surface area contributed by atoms with E-state index >= 15 is 0 Å². The van der Waals surface area contributed by atoms with Crippen LogP contribution in [0.4, 0.5) is 10.6 Å². The fourth-order valence-electron chi connectivity index (χ4n) is 5.17. The van der Waals surface area contributed by atoms with Crippen molar-refractivity contribution in [3.05, 3.63) is 78.4 Å². The van der Waals surface area contributed by atoms with Gasteiger partial charge in [-0.15, -0.1) is 0 Å². The number of nitrogens with one attached hydrogen (secondary N) is 1. The van der Waals surface area contributed by atoms with Gasteiger partial charge in [0.05, 0.1) is 12.1 Å². The average Bonchev–Trinajstić information content (AvgIpc) is 3.46. The summed E-state index contributed by atoms with van der Waals surface area (Å²) < 4.78 is 3.87. The highest BCUT2D eigenvalue weighted by Gasteiger charge is 2.29. The van der Waals surface area contributed by atoms with E-state index in [9.17, 15) is 4.79 Å². The van der Waals surface area contributed by atoms with Gasteiger partial charge in [0.25, 0.3) is 0 Å². The van der Waals surface area contributed by atoms with Crippen LogP contribution < -0.4 is 11.1 Å². The summed E-state index contributed by atoms with van der Waals surface area (Å²) in [6.07, 6.45) is 4.48. The van der Waals surface area contributed by atoms with Crippen LogP contribution in [0.3, 0.4) is 0 Å². The maximum Gasteiger partial charge on any atom is 0.407 e. The van der Waals surface area contributed by atoms with Crippen molar-refractivity contribution in [1.82, 2.24) is 34.6 Å². The molecule has 4 heterocycles. The van der Waals surface area contributed by atoms with Crippen molar-refractivity contribution in [3.8, 4) is 11.1 Å². The lowest BCUT2D eigenvalue weighted by Crippen LogP contribution is -2.52. The second kappa shape index (κ2) is 10.1. The summed E-state index contributed by atoms with van der Waals surface area (Å²) in [5.41, 5.74) is 12.4. The summed E-state index contributed by atoms with van der Waals surface area (Å²) in [5, 5.41) is 22.8. The number of rotatable bonds is 9. The van der Waals surface area contributed by atoms with E-state index in [0.717, 1.165) is 65.7 Å². The van der Waals surface area contributed by atoms with Crippen LogP contribution in [0.2, 0.25) is 0 Å². The molecule has 0 radical (unpaired) electrons. The molecule has 0 spiro atoms. The highest BCUT2D eigenvalue weighted by atomic mass is 16.4. The van der Waals surface area contributed by atoms with Crippen molar-refractivity contribution in [3.63, 3.8) is 0 Å². The minimum absolute atomic E-state index is 0.394. The Balaban J connectivity index is 1.17. The van der Waals surface area contributed by atoms with E-state index in [1.54, 1.807) is 0 Å². The number of hydrogen-bond donors (Lipinski definition) is 3. The van der Waals surface area contributed by atoms with Crippen LogP contribution in [0.15, 0.2) is 67.1 Å². The number of fused-ring (bicyclic) bond motifs is 2. The van der Waals surface area contributed by atoms with Crippen molar-refractivity contribution in [1.29, 1.82) is 0 Å². The molecule has 5 aromatic rings. The Morgan fingerprint density at radius 3 is 2.79 bits per heavy atom. The van der Waals surface area contributed by atoms with Gasteiger partial charge in [0.1, 0.15) is 11.8 Å². The van der Waals surface area contributed by atoms with Crippen molar-refractivity contribution in [2.24, 2.45) is 5.92 Å². The number of likely N-dealkylation sites (tertiary alicyclic amines) is 1. The van der Waals surface area contributed by atoms with Gasteiger partial charge in [-0.1, -0.05) is 42.5 Å². The summed E-state index contributed by atoms with van der Waals surface area (Å²) in [7, 11) is 0. The van der Waals surface area contributed by atoms with Crippen LogP contribution in [0, 0.1) is 5.92 Å². The van der Waals surface area contributed by atoms with E-state index in [1.807, 2.05) is 27.4 Å². The summed E-state index contributed by atoms with van der Waals surface area (Å²) in [4.78, 5) is 16.6. The predicted octanol–water partition coefficient (Wildman–Crippen LogP) is 3.51. The number of aromatic nitrogens is 5. The first-order valence-electron chi connectivity index (χ1n) is 12.9. The van der Waals surface area contributed by atoms with E-state index in [4.69, 9.17) is 15.9 Å². The lowest BCUT2D eigenvalue weighted by Gasteiger charge is -2.37. The third kappa shape index (κ3) is 4.78. The number of hydrogen-bond acceptors (Lipinski definition) is 6. The first kappa shape index (κ1) is 23.9. The first-order chi connectivity index (χ1) is 18.5. The number of nitrogen functional groups attached to an aromatic ring is 1. The van der Waals surface area contributed by atoms with Gasteiger partial charge < -0.3 is 21.1 Å². The highest BCUT2D eigenvalue weighted by Crippen LogP contribution is 2.32. The van der Waals surface area contributed by atoms with Gasteiger partial charge in [-0.25, -0.2) is 14.3 Å². The monoisotopic (exact) mass is 510 g/mol. The molecule has 4 N–H and O–H groups in total. The summed E-state index contributed by atoms with van der Waals surface area (Å²) in [5.74, 6) is 0.840. The third-order valence-corrected chi connectivity index (χ3v) is 7.16. The number of carbonyl (C=O) groups is 1. The van der Waals surface area contributed by atoms with Crippen LogP contribution in [0.25, 0.3) is 27.5 Å². The van der Waals surface area contributed by atoms with Crippen LogP contribution in [0.5, 0.6) is 0 Å². The molecule has 0 unspecified atom stereocenters. The SMILES string of the molecule is Nc1ncnn2c(CCCNCC3CN(C(=O)O)C3)cc(-c3ccc4cn(Cc5ccccc5)nc4c3)c12. The number of amides is 1. The molecule has 0 bridgehead atoms. The Kier molecular flexibility index (Phi) is 6.38. The molecule has 0 atom stereocenters. The van der Waals surface area contributed by atoms with Gasteiger partial charge >= 0.3 is 6.09 Å². The average molecular weight is 511 g/mol. The second-order valence-corrected chi connectivity index (χ2v) is 9.90. The number of benzene rings is 2. The van der Waals surface area contributed by atoms with Gasteiger partial charge in [0, 0.05) is 48.4 Å². The zero-order valence-electron chi connectivity index (χ0n) is 21.0. The van der Waals surface area contributed by atoms with E-state index in [0.29, 0.717) is 24.8 Å². The smallest absolute Gasteiger partial charge is 0.407 e. The van der Waals surface area contributed by atoms with Crippen LogP contribution in [0.1, 0.15) is 17.7 Å². The molecule has 6 rings (SSSR count). The fourth-order valence-corrected chi connectivity index (χ4v) is 5.17. The molecule has 10 heteroatoms. The van der Waals surface area contributed by atoms with Crippen molar-refractivity contribution in [2.75, 3.05) is 31.9 Å². The minimum atomic E-state index is -0.835. The topological polar surface area (TPSA) is 127 Å². The third-order valence-electron chi connectivity index (χ3n) is 7.16. The molecule has 3 aromatic heterocycles. The summed E-state index contributed by atoms with van der Waals surface area (Å²) >= 11 is 0. The maximum absolute atomic E-state index is 10.9. The summed E-state index contributed by atoms with van der Waals surface area (Å²) in [6.45, 7) is 3.62. The number of nitrogens with zero attached hydrogens (tertiary/aromatic N) is 6. The highest BCUT2D eigenvalue weighted by molar-refractivity contribution is 5.92. The summed E-state index contributed by atoms with van der Waals surface area (Å²) in [6, 6.07) is 18.7. The molecule has 1 saturated heterocycles. The minimum Gasteiger partial charge on any atom is -0.465 e. The molecule has 2 aromatic carbocycles. The quantitative estimate of drug-likeness (QED) is 0.259. The van der Waals surface area contributed by atoms with E-state index in [1.165, 1.54) is 16.8 Å². The standard InChI is InChI=1S/C28H30N8O2/c29-27-26-24(21-8-9-22-17-35(33-25(22)11-21)16-19-5-2-1-3-6-19)12-23(36(26)32-18-31-27)7-4-10-30-13-20-14-34(15-20)28(37)38/h1-3,5-6,8-9,11-12,17-18,20,30H,4,7,10,13-16H2,(H,37,38)(H2,29,31,32). The molecular weight excluding hydrogens is 480 g/mol. The zero-order valence-corrected chi connectivity index (χ0v) is 21.0. The largest absolute Gasteiger partial charge is 0.465 e. The zero-order chi connectivity index (χ0) is 26.1. The van der Waals surface area contributed by atoms with E-state index < -0.39 is 6.09 Å². The molecule has 1 fully saturated rings. The van der Waals surface area contributed by atoms with Gasteiger partial charge in [-0.3, -0.25) is 4.68 Å². The van der Waals surface area contributed by atoms with Crippen LogP contribution in [-0.4, -0.2) is 66.7 Å². The molecule has 0 aliphatic carbocycles. The lowest BCUT2D eigenvalue weighted by atomic mass is 10.0. The Hall–Kier alpha value is -4.44. The van der Waals surface area contributed by atoms with Gasteiger partial charge in [0.15, 0.2) is 5.82 Å². The van der Waals surface area contributed by atoms with E-state index in [-0.39, 0.29) is 0 Å². The maximum atomic E-state index is 10.9. The number of anilines is 1. The Morgan fingerprint density at radius 2 is 1.97 bits per heavy atom. The lowest BCUT2D eigenvalue weighted by molar-refractivity contribution is 0.0816. The molecule has 194 valence electrons. The Morgan fingerprint density at radius 1 is 1.13 bits per heavy atom. The molecular formula is C28H30N8O2. The Bertz CT molecular complexity index is 1590. The second-order valence-electron chi connectivity index (χ2n) is 9.90. The molecule has 10 nitrogen and oxygen atoms in total. The van der Waals surface area contributed by atoms with Gasteiger partial charge in [-0.2, -0.15) is 10.2 Å². The molecule has 1 aliphatic rings. The van der Waals surface area contributed by atoms with Crippen molar-refractivity contribution in [2.45, 2.75) is 19.4 Å². The fraction of sp³-hybridized carbons (Fsp3) is 0.286. The number of aryl methyl sites for hydroxylation is 1. The number of nitrogens with two attached hydrogens (primary N) is 1. The van der Waals surface area contributed by atoms with E-state index in [2.05, 4.69) is 58.0 Å². The molecule has 1 aliphatic heterocycles.